The van der Waals surface area contributed by atoms with Crippen LogP contribution < -0.4 is 10.6 Å². The van der Waals surface area contributed by atoms with Crippen molar-refractivity contribution in [3.05, 3.63) is 56.5 Å². The molecule has 0 saturated carbocycles. The Morgan fingerprint density at radius 1 is 1.14 bits per heavy atom. The number of carbonyl (C=O) groups is 2. The minimum atomic E-state index is -0.230. The summed E-state index contributed by atoms with van der Waals surface area (Å²) in [5.74, 6) is -0.275. The predicted octanol–water partition coefficient (Wildman–Crippen LogP) is 3.96. The Bertz CT molecular complexity index is 739. The lowest BCUT2D eigenvalue weighted by atomic mass is 10.1. The molecular formula is C15H10Br2N2O2. The van der Waals surface area contributed by atoms with E-state index in [-0.39, 0.29) is 11.8 Å². The summed E-state index contributed by atoms with van der Waals surface area (Å²) in [5, 5.41) is 5.59. The number of hydrogen-bond acceptors (Lipinski definition) is 2. The van der Waals surface area contributed by atoms with Gasteiger partial charge in [0.05, 0.1) is 12.1 Å². The van der Waals surface area contributed by atoms with Crippen LogP contribution in [0.5, 0.6) is 0 Å². The van der Waals surface area contributed by atoms with Gasteiger partial charge in [0.15, 0.2) is 0 Å². The molecule has 0 spiro atoms. The molecule has 0 atom stereocenters. The van der Waals surface area contributed by atoms with Crippen LogP contribution in [0, 0.1) is 0 Å². The summed E-state index contributed by atoms with van der Waals surface area (Å²) < 4.78 is 1.58. The number of benzene rings is 2. The van der Waals surface area contributed by atoms with Gasteiger partial charge in [-0.05, 0) is 61.7 Å². The molecule has 106 valence electrons. The molecule has 1 aliphatic rings. The van der Waals surface area contributed by atoms with Crippen LogP contribution in [0.15, 0.2) is 45.3 Å². The largest absolute Gasteiger partial charge is 0.326 e. The van der Waals surface area contributed by atoms with Crippen molar-refractivity contribution in [2.75, 3.05) is 10.6 Å². The second kappa shape index (κ2) is 5.61. The predicted molar refractivity (Wildman–Crippen MR) is 88.6 cm³/mol. The van der Waals surface area contributed by atoms with Gasteiger partial charge in [-0.15, -0.1) is 0 Å². The topological polar surface area (TPSA) is 58.2 Å². The van der Waals surface area contributed by atoms with Gasteiger partial charge in [0.1, 0.15) is 0 Å². The molecular weight excluding hydrogens is 400 g/mol. The van der Waals surface area contributed by atoms with Crippen molar-refractivity contribution in [1.29, 1.82) is 0 Å². The first kappa shape index (κ1) is 14.3. The molecule has 6 heteroatoms. The first-order valence-electron chi connectivity index (χ1n) is 6.23. The van der Waals surface area contributed by atoms with Crippen LogP contribution in [0.4, 0.5) is 11.4 Å². The van der Waals surface area contributed by atoms with Crippen LogP contribution >= 0.6 is 31.9 Å². The molecule has 21 heavy (non-hydrogen) atoms. The van der Waals surface area contributed by atoms with E-state index in [1.54, 1.807) is 18.2 Å². The summed E-state index contributed by atoms with van der Waals surface area (Å²) >= 11 is 6.81. The van der Waals surface area contributed by atoms with E-state index in [9.17, 15) is 9.59 Å². The van der Waals surface area contributed by atoms with Crippen LogP contribution in [0.2, 0.25) is 0 Å². The summed E-state index contributed by atoms with van der Waals surface area (Å²) in [6.07, 6.45) is 0.368. The normalized spacial score (nSPS) is 12.8. The maximum Gasteiger partial charge on any atom is 0.255 e. The molecule has 2 N–H and O–H groups in total. The minimum Gasteiger partial charge on any atom is -0.326 e. The van der Waals surface area contributed by atoms with Crippen molar-refractivity contribution in [1.82, 2.24) is 0 Å². The molecule has 3 rings (SSSR count). The number of fused-ring (bicyclic) bond motifs is 1. The van der Waals surface area contributed by atoms with Crippen LogP contribution in [0.25, 0.3) is 0 Å². The molecule has 4 nitrogen and oxygen atoms in total. The Labute approximate surface area is 138 Å². The molecule has 2 amide bonds. The Morgan fingerprint density at radius 3 is 2.57 bits per heavy atom. The lowest BCUT2D eigenvalue weighted by Crippen LogP contribution is -2.13. The highest BCUT2D eigenvalue weighted by Crippen LogP contribution is 2.31. The number of carbonyl (C=O) groups excluding carboxylic acids is 2. The Balaban J connectivity index is 1.87. The van der Waals surface area contributed by atoms with Crippen LogP contribution in [0.1, 0.15) is 15.9 Å². The highest BCUT2D eigenvalue weighted by atomic mass is 79.9. The van der Waals surface area contributed by atoms with Gasteiger partial charge in [-0.2, -0.15) is 0 Å². The molecule has 0 unspecified atom stereocenters. The highest BCUT2D eigenvalue weighted by molar-refractivity contribution is 9.11. The molecule has 0 fully saturated rings. The molecule has 0 radical (unpaired) electrons. The molecule has 0 aromatic heterocycles. The van der Waals surface area contributed by atoms with Gasteiger partial charge in [0, 0.05) is 20.2 Å². The summed E-state index contributed by atoms with van der Waals surface area (Å²) in [7, 11) is 0. The lowest BCUT2D eigenvalue weighted by molar-refractivity contribution is -0.115. The van der Waals surface area contributed by atoms with Gasteiger partial charge < -0.3 is 10.6 Å². The number of rotatable bonds is 2. The standard InChI is InChI=1S/C15H10Br2N2O2/c16-10-2-1-3-11(17)14(10)19-15(21)9-5-4-8-7-13(20)18-12(8)6-9/h1-6H,7H2,(H,18,20)(H,19,21). The van der Waals surface area contributed by atoms with Crippen molar-refractivity contribution in [3.63, 3.8) is 0 Å². The summed E-state index contributed by atoms with van der Waals surface area (Å²) in [6, 6.07) is 10.8. The van der Waals surface area contributed by atoms with E-state index in [0.717, 1.165) is 14.5 Å². The maximum atomic E-state index is 12.3. The highest BCUT2D eigenvalue weighted by Gasteiger charge is 2.19. The van der Waals surface area contributed by atoms with Crippen molar-refractivity contribution < 1.29 is 9.59 Å². The third kappa shape index (κ3) is 2.87. The van der Waals surface area contributed by atoms with Crippen molar-refractivity contribution >= 4 is 55.0 Å². The van der Waals surface area contributed by atoms with Gasteiger partial charge >= 0.3 is 0 Å². The second-order valence-corrected chi connectivity index (χ2v) is 6.36. The molecule has 1 aliphatic heterocycles. The smallest absolute Gasteiger partial charge is 0.255 e. The second-order valence-electron chi connectivity index (χ2n) is 4.65. The summed E-state index contributed by atoms with van der Waals surface area (Å²) in [5.41, 5.74) is 2.79. The Hall–Kier alpha value is -1.66. The molecule has 0 bridgehead atoms. The van der Waals surface area contributed by atoms with Crippen molar-refractivity contribution in [3.8, 4) is 0 Å². The quantitative estimate of drug-likeness (QED) is 0.788. The average Bonchev–Trinajstić information content (AvgIpc) is 2.81. The van der Waals surface area contributed by atoms with E-state index in [1.165, 1.54) is 0 Å². The fourth-order valence-electron chi connectivity index (χ4n) is 2.16. The SMILES string of the molecule is O=C1Cc2ccc(C(=O)Nc3c(Br)cccc3Br)cc2N1. The number of para-hydroxylation sites is 1. The van der Waals surface area contributed by atoms with E-state index in [0.29, 0.717) is 23.4 Å². The fourth-order valence-corrected chi connectivity index (χ4v) is 3.36. The average molecular weight is 410 g/mol. The van der Waals surface area contributed by atoms with E-state index >= 15 is 0 Å². The van der Waals surface area contributed by atoms with Crippen LogP contribution in [0.3, 0.4) is 0 Å². The zero-order valence-electron chi connectivity index (χ0n) is 10.7. The zero-order chi connectivity index (χ0) is 15.0. The molecule has 2 aromatic rings. The van der Waals surface area contributed by atoms with Crippen molar-refractivity contribution in [2.24, 2.45) is 0 Å². The van der Waals surface area contributed by atoms with E-state index < -0.39 is 0 Å². The van der Waals surface area contributed by atoms with Crippen LogP contribution in [-0.2, 0) is 11.2 Å². The fraction of sp³-hybridized carbons (Fsp3) is 0.0667. The van der Waals surface area contributed by atoms with Gasteiger partial charge in [-0.25, -0.2) is 0 Å². The first-order valence-corrected chi connectivity index (χ1v) is 7.81. The van der Waals surface area contributed by atoms with Gasteiger partial charge in [-0.3, -0.25) is 9.59 Å². The number of anilines is 2. The number of nitrogens with one attached hydrogen (secondary N) is 2. The Kier molecular flexibility index (Phi) is 3.82. The third-order valence-corrected chi connectivity index (χ3v) is 4.52. The Morgan fingerprint density at radius 2 is 1.86 bits per heavy atom. The molecule has 0 saturated heterocycles. The molecule has 0 aliphatic carbocycles. The minimum absolute atomic E-state index is 0.0453. The maximum absolute atomic E-state index is 12.3. The van der Waals surface area contributed by atoms with Gasteiger partial charge in [0.25, 0.3) is 5.91 Å². The number of amides is 2. The monoisotopic (exact) mass is 408 g/mol. The molecule has 2 aromatic carbocycles. The number of halogens is 2. The van der Waals surface area contributed by atoms with Crippen molar-refractivity contribution in [2.45, 2.75) is 6.42 Å². The first-order chi connectivity index (χ1) is 10.0. The summed E-state index contributed by atoms with van der Waals surface area (Å²) in [6.45, 7) is 0. The molecule has 1 heterocycles. The van der Waals surface area contributed by atoms with E-state index in [1.807, 2.05) is 18.2 Å². The van der Waals surface area contributed by atoms with Crippen LogP contribution in [-0.4, -0.2) is 11.8 Å². The summed E-state index contributed by atoms with van der Waals surface area (Å²) in [4.78, 5) is 23.7. The van der Waals surface area contributed by atoms with E-state index in [2.05, 4.69) is 42.5 Å². The zero-order valence-corrected chi connectivity index (χ0v) is 13.9. The number of hydrogen-bond donors (Lipinski definition) is 2. The van der Waals surface area contributed by atoms with Gasteiger partial charge in [-0.1, -0.05) is 12.1 Å². The van der Waals surface area contributed by atoms with Gasteiger partial charge in [0.2, 0.25) is 5.91 Å². The lowest BCUT2D eigenvalue weighted by Gasteiger charge is -2.10. The third-order valence-electron chi connectivity index (χ3n) is 3.20. The van der Waals surface area contributed by atoms with E-state index in [4.69, 9.17) is 0 Å².